The zero-order valence-corrected chi connectivity index (χ0v) is 9.86. The second kappa shape index (κ2) is 5.38. The monoisotopic (exact) mass is 269 g/mol. The van der Waals surface area contributed by atoms with Gasteiger partial charge in [-0.3, -0.25) is 4.98 Å². The van der Waals surface area contributed by atoms with Crippen molar-refractivity contribution in [3.63, 3.8) is 0 Å². The van der Waals surface area contributed by atoms with Crippen molar-refractivity contribution in [3.8, 4) is 11.1 Å². The van der Waals surface area contributed by atoms with Crippen molar-refractivity contribution in [2.45, 2.75) is 18.8 Å². The lowest BCUT2D eigenvalue weighted by Gasteiger charge is -2.12. The SMILES string of the molecule is FC(CC(F)(F)F)c1ccc(-c2ccncc2)cc1. The molecule has 1 unspecified atom stereocenters. The summed E-state index contributed by atoms with van der Waals surface area (Å²) in [6.45, 7) is 0. The van der Waals surface area contributed by atoms with Crippen LogP contribution in [0, 0.1) is 0 Å². The van der Waals surface area contributed by atoms with Crippen molar-refractivity contribution >= 4 is 0 Å². The van der Waals surface area contributed by atoms with Crippen molar-refractivity contribution in [3.05, 3.63) is 54.4 Å². The van der Waals surface area contributed by atoms with E-state index in [9.17, 15) is 17.6 Å². The second-order valence-corrected chi connectivity index (χ2v) is 4.14. The van der Waals surface area contributed by atoms with Gasteiger partial charge in [0.15, 0.2) is 0 Å². The van der Waals surface area contributed by atoms with Crippen LogP contribution in [-0.2, 0) is 0 Å². The Morgan fingerprint density at radius 3 is 1.95 bits per heavy atom. The van der Waals surface area contributed by atoms with Crippen LogP contribution in [0.15, 0.2) is 48.8 Å². The largest absolute Gasteiger partial charge is 0.392 e. The molecular formula is C14H11F4N. The van der Waals surface area contributed by atoms with E-state index in [-0.39, 0.29) is 5.56 Å². The number of hydrogen-bond acceptors (Lipinski definition) is 1. The molecule has 0 saturated heterocycles. The molecule has 0 N–H and O–H groups in total. The van der Waals surface area contributed by atoms with Gasteiger partial charge in [0.05, 0.1) is 6.42 Å². The third-order valence-electron chi connectivity index (χ3n) is 2.70. The van der Waals surface area contributed by atoms with E-state index in [0.29, 0.717) is 0 Å². The van der Waals surface area contributed by atoms with Gasteiger partial charge in [-0.2, -0.15) is 13.2 Å². The molecule has 2 aromatic rings. The summed E-state index contributed by atoms with van der Waals surface area (Å²) in [6.07, 6.45) is -4.74. The van der Waals surface area contributed by atoms with Gasteiger partial charge in [-0.15, -0.1) is 0 Å². The first-order valence-corrected chi connectivity index (χ1v) is 5.67. The molecule has 5 heteroatoms. The normalized spacial score (nSPS) is 13.3. The van der Waals surface area contributed by atoms with Crippen molar-refractivity contribution in [1.82, 2.24) is 4.98 Å². The number of pyridine rings is 1. The van der Waals surface area contributed by atoms with Gasteiger partial charge in [-0.05, 0) is 28.8 Å². The van der Waals surface area contributed by atoms with Gasteiger partial charge >= 0.3 is 6.18 Å². The lowest BCUT2D eigenvalue weighted by atomic mass is 10.0. The van der Waals surface area contributed by atoms with Gasteiger partial charge in [0.1, 0.15) is 6.17 Å². The van der Waals surface area contributed by atoms with Crippen LogP contribution in [-0.4, -0.2) is 11.2 Å². The number of halogens is 4. The number of rotatable bonds is 3. The first-order chi connectivity index (χ1) is 8.96. The van der Waals surface area contributed by atoms with E-state index < -0.39 is 18.8 Å². The lowest BCUT2D eigenvalue weighted by Crippen LogP contribution is -2.11. The van der Waals surface area contributed by atoms with Crippen LogP contribution in [0.1, 0.15) is 18.2 Å². The minimum atomic E-state index is -4.50. The Morgan fingerprint density at radius 2 is 1.42 bits per heavy atom. The van der Waals surface area contributed by atoms with Gasteiger partial charge in [0, 0.05) is 12.4 Å². The fourth-order valence-corrected chi connectivity index (χ4v) is 1.75. The Hall–Kier alpha value is -1.91. The average molecular weight is 269 g/mol. The lowest BCUT2D eigenvalue weighted by molar-refractivity contribution is -0.146. The van der Waals surface area contributed by atoms with Crippen LogP contribution in [0.25, 0.3) is 11.1 Å². The predicted molar refractivity (Wildman–Crippen MR) is 64.2 cm³/mol. The molecule has 1 aromatic carbocycles. The minimum absolute atomic E-state index is 0.0372. The van der Waals surface area contributed by atoms with Crippen molar-refractivity contribution in [2.24, 2.45) is 0 Å². The molecule has 0 spiro atoms. The highest BCUT2D eigenvalue weighted by atomic mass is 19.4. The molecule has 0 radical (unpaired) electrons. The second-order valence-electron chi connectivity index (χ2n) is 4.14. The molecule has 0 amide bonds. The van der Waals surface area contributed by atoms with E-state index >= 15 is 0 Å². The molecule has 2 rings (SSSR count). The molecule has 0 saturated carbocycles. The van der Waals surface area contributed by atoms with Crippen molar-refractivity contribution in [1.29, 1.82) is 0 Å². The molecule has 0 aliphatic carbocycles. The summed E-state index contributed by atoms with van der Waals surface area (Å²) in [5.74, 6) is 0. The van der Waals surface area contributed by atoms with E-state index in [0.717, 1.165) is 11.1 Å². The van der Waals surface area contributed by atoms with Crippen molar-refractivity contribution < 1.29 is 17.6 Å². The minimum Gasteiger partial charge on any atom is -0.265 e. The van der Waals surface area contributed by atoms with E-state index in [2.05, 4.69) is 4.98 Å². The smallest absolute Gasteiger partial charge is 0.265 e. The zero-order valence-electron chi connectivity index (χ0n) is 9.86. The molecule has 0 fully saturated rings. The summed E-state index contributed by atoms with van der Waals surface area (Å²) < 4.78 is 49.7. The van der Waals surface area contributed by atoms with Crippen LogP contribution in [0.3, 0.4) is 0 Å². The maximum Gasteiger partial charge on any atom is 0.392 e. The third-order valence-corrected chi connectivity index (χ3v) is 2.70. The molecule has 100 valence electrons. The van der Waals surface area contributed by atoms with E-state index in [1.54, 1.807) is 36.7 Å². The van der Waals surface area contributed by atoms with Crippen molar-refractivity contribution in [2.75, 3.05) is 0 Å². The van der Waals surface area contributed by atoms with E-state index in [4.69, 9.17) is 0 Å². The topological polar surface area (TPSA) is 12.9 Å². The first kappa shape index (κ1) is 13.5. The summed E-state index contributed by atoms with van der Waals surface area (Å²) >= 11 is 0. The summed E-state index contributed by atoms with van der Waals surface area (Å²) in [4.78, 5) is 3.87. The molecule has 1 atom stereocenters. The highest BCUT2D eigenvalue weighted by Gasteiger charge is 2.32. The molecule has 0 bridgehead atoms. The first-order valence-electron chi connectivity index (χ1n) is 5.67. The Morgan fingerprint density at radius 1 is 0.895 bits per heavy atom. The van der Waals surface area contributed by atoms with Crippen LogP contribution >= 0.6 is 0 Å². The van der Waals surface area contributed by atoms with Crippen LogP contribution in [0.4, 0.5) is 17.6 Å². The summed E-state index contributed by atoms with van der Waals surface area (Å²) in [5, 5.41) is 0. The van der Waals surface area contributed by atoms with E-state index in [1.165, 1.54) is 12.1 Å². The van der Waals surface area contributed by atoms with Gasteiger partial charge in [0.2, 0.25) is 0 Å². The number of alkyl halides is 4. The molecule has 1 nitrogen and oxygen atoms in total. The van der Waals surface area contributed by atoms with E-state index in [1.807, 2.05) is 0 Å². The molecule has 1 heterocycles. The highest BCUT2D eigenvalue weighted by Crippen LogP contribution is 2.32. The highest BCUT2D eigenvalue weighted by molar-refractivity contribution is 5.62. The molecule has 19 heavy (non-hydrogen) atoms. The fraction of sp³-hybridized carbons (Fsp3) is 0.214. The Bertz CT molecular complexity index is 519. The van der Waals surface area contributed by atoms with Crippen LogP contribution < -0.4 is 0 Å². The molecule has 1 aromatic heterocycles. The zero-order chi connectivity index (χ0) is 13.9. The fourth-order valence-electron chi connectivity index (χ4n) is 1.75. The Kier molecular flexibility index (Phi) is 3.83. The average Bonchev–Trinajstić information content (AvgIpc) is 2.38. The molecule has 0 aliphatic heterocycles. The predicted octanol–water partition coefficient (Wildman–Crippen LogP) is 4.71. The number of hydrogen-bond donors (Lipinski definition) is 0. The quantitative estimate of drug-likeness (QED) is 0.735. The standard InChI is InChI=1S/C14H11F4N/c15-13(9-14(16,17)18)12-3-1-10(2-4-12)11-5-7-19-8-6-11/h1-8,13H,9H2. The van der Waals surface area contributed by atoms with Crippen LogP contribution in [0.2, 0.25) is 0 Å². The van der Waals surface area contributed by atoms with Crippen LogP contribution in [0.5, 0.6) is 0 Å². The number of benzene rings is 1. The van der Waals surface area contributed by atoms with Gasteiger partial charge in [-0.25, -0.2) is 4.39 Å². The number of nitrogens with zero attached hydrogens (tertiary/aromatic N) is 1. The Labute approximate surface area is 107 Å². The van der Waals surface area contributed by atoms with Gasteiger partial charge in [0.25, 0.3) is 0 Å². The molecular weight excluding hydrogens is 258 g/mol. The third kappa shape index (κ3) is 3.77. The van der Waals surface area contributed by atoms with Gasteiger partial charge < -0.3 is 0 Å². The maximum atomic E-state index is 13.4. The summed E-state index contributed by atoms with van der Waals surface area (Å²) in [6, 6.07) is 9.52. The summed E-state index contributed by atoms with van der Waals surface area (Å²) in [7, 11) is 0. The molecule has 0 aliphatic rings. The summed E-state index contributed by atoms with van der Waals surface area (Å²) in [5.41, 5.74) is 1.73. The number of aromatic nitrogens is 1. The van der Waals surface area contributed by atoms with Gasteiger partial charge in [-0.1, -0.05) is 24.3 Å². The Balaban J connectivity index is 2.15. The maximum absolute atomic E-state index is 13.4.